The number of non-ortho nitro benzene ring substituents is 1. The van der Waals surface area contributed by atoms with Crippen LogP contribution in [-0.4, -0.2) is 47.5 Å². The molecule has 2 heterocycles. The fourth-order valence-corrected chi connectivity index (χ4v) is 4.89. The first kappa shape index (κ1) is 25.8. The SMILES string of the molecule is O=c1nc(N2CCN(CC(F)(F)c3ccc(F)c(F)c3)CC2)sc2c([N+](=O)[O-])cc(C(F)(F)F)cc12. The maximum atomic E-state index is 14.6. The molecule has 0 unspecified atom stereocenters. The van der Waals surface area contributed by atoms with Gasteiger partial charge in [0.1, 0.15) is 4.70 Å². The highest BCUT2D eigenvalue weighted by molar-refractivity contribution is 7.22. The van der Waals surface area contributed by atoms with Crippen molar-refractivity contribution >= 4 is 32.2 Å². The van der Waals surface area contributed by atoms with Crippen molar-refractivity contribution in [1.82, 2.24) is 9.88 Å². The highest BCUT2D eigenvalue weighted by Crippen LogP contribution is 2.38. The first-order valence-electron chi connectivity index (χ1n) is 10.3. The van der Waals surface area contributed by atoms with Crippen molar-refractivity contribution in [3.8, 4) is 0 Å². The molecule has 36 heavy (non-hydrogen) atoms. The standard InChI is InChI=1S/C21H15F7N4O3S/c22-14-2-1-11(8-15(14)23)20(24,25)10-30-3-5-31(6-4-30)19-29-18(33)13-7-12(21(26,27)28)9-16(32(34)35)17(13)36-19/h1-2,7-9H,3-6,10H2. The second-order valence-corrected chi connectivity index (χ2v) is 9.00. The summed E-state index contributed by atoms with van der Waals surface area (Å²) in [4.78, 5) is 29.5. The van der Waals surface area contributed by atoms with E-state index in [0.29, 0.717) is 35.6 Å². The summed E-state index contributed by atoms with van der Waals surface area (Å²) in [5.41, 5.74) is -4.02. The zero-order chi connectivity index (χ0) is 26.4. The van der Waals surface area contributed by atoms with Gasteiger partial charge in [0.2, 0.25) is 0 Å². The van der Waals surface area contributed by atoms with E-state index in [9.17, 15) is 45.6 Å². The van der Waals surface area contributed by atoms with Crippen LogP contribution in [0.15, 0.2) is 35.1 Å². The minimum absolute atomic E-state index is 0.00220. The van der Waals surface area contributed by atoms with Gasteiger partial charge in [0.05, 0.1) is 22.4 Å². The van der Waals surface area contributed by atoms with Gasteiger partial charge in [0.25, 0.3) is 17.2 Å². The monoisotopic (exact) mass is 536 g/mol. The Labute approximate surface area is 201 Å². The Kier molecular flexibility index (Phi) is 6.64. The molecule has 0 N–H and O–H groups in total. The number of alkyl halides is 5. The normalized spacial score (nSPS) is 15.5. The molecule has 1 aliphatic rings. The van der Waals surface area contributed by atoms with Gasteiger partial charge < -0.3 is 4.90 Å². The fraction of sp³-hybridized carbons (Fsp3) is 0.333. The van der Waals surface area contributed by atoms with E-state index < -0.39 is 63.0 Å². The Morgan fingerprint density at radius 2 is 1.64 bits per heavy atom. The lowest BCUT2D eigenvalue weighted by Crippen LogP contribution is -2.49. The minimum atomic E-state index is -4.91. The van der Waals surface area contributed by atoms with Crippen LogP contribution < -0.4 is 10.5 Å². The summed E-state index contributed by atoms with van der Waals surface area (Å²) in [6.45, 7) is -0.531. The van der Waals surface area contributed by atoms with Crippen LogP contribution in [0.4, 0.5) is 41.6 Å². The van der Waals surface area contributed by atoms with E-state index >= 15 is 0 Å². The molecule has 7 nitrogen and oxygen atoms in total. The van der Waals surface area contributed by atoms with Crippen LogP contribution in [0.1, 0.15) is 11.1 Å². The number of anilines is 1. The summed E-state index contributed by atoms with van der Waals surface area (Å²) < 4.78 is 94.7. The van der Waals surface area contributed by atoms with Crippen molar-refractivity contribution in [3.05, 3.63) is 73.6 Å². The van der Waals surface area contributed by atoms with E-state index in [2.05, 4.69) is 4.98 Å². The lowest BCUT2D eigenvalue weighted by atomic mass is 10.1. The number of rotatable bonds is 5. The third-order valence-corrected chi connectivity index (χ3v) is 6.79. The van der Waals surface area contributed by atoms with Gasteiger partial charge in [-0.3, -0.25) is 19.8 Å². The highest BCUT2D eigenvalue weighted by Gasteiger charge is 2.37. The topological polar surface area (TPSA) is 79.6 Å². The van der Waals surface area contributed by atoms with Crippen molar-refractivity contribution in [1.29, 1.82) is 0 Å². The third kappa shape index (κ3) is 5.11. The lowest BCUT2D eigenvalue weighted by molar-refractivity contribution is -0.383. The van der Waals surface area contributed by atoms with Gasteiger partial charge in [-0.2, -0.15) is 26.9 Å². The number of nitro benzene ring substituents is 1. The van der Waals surface area contributed by atoms with Crippen LogP contribution in [0.3, 0.4) is 0 Å². The predicted octanol–water partition coefficient (Wildman–Crippen LogP) is 4.78. The maximum absolute atomic E-state index is 14.6. The number of fused-ring (bicyclic) bond motifs is 1. The second-order valence-electron chi connectivity index (χ2n) is 8.03. The summed E-state index contributed by atoms with van der Waals surface area (Å²) in [7, 11) is 0. The molecular formula is C21H15F7N4O3S. The number of hydrogen-bond donors (Lipinski definition) is 0. The molecule has 15 heteroatoms. The zero-order valence-electron chi connectivity index (χ0n) is 18.0. The number of nitro groups is 1. The molecule has 0 atom stereocenters. The van der Waals surface area contributed by atoms with Gasteiger partial charge in [0.15, 0.2) is 16.8 Å². The summed E-state index contributed by atoms with van der Waals surface area (Å²) in [6.07, 6.45) is -4.91. The molecule has 2 aromatic carbocycles. The summed E-state index contributed by atoms with van der Waals surface area (Å²) in [6, 6.07) is 2.69. The van der Waals surface area contributed by atoms with Crippen molar-refractivity contribution in [2.24, 2.45) is 0 Å². The molecule has 4 rings (SSSR count). The van der Waals surface area contributed by atoms with Crippen molar-refractivity contribution in [2.75, 3.05) is 37.6 Å². The largest absolute Gasteiger partial charge is 0.416 e. The van der Waals surface area contributed by atoms with E-state index in [1.165, 1.54) is 9.80 Å². The summed E-state index contributed by atoms with van der Waals surface area (Å²) in [5.74, 6) is -6.13. The van der Waals surface area contributed by atoms with E-state index in [1.807, 2.05) is 0 Å². The lowest BCUT2D eigenvalue weighted by Gasteiger charge is -2.36. The zero-order valence-corrected chi connectivity index (χ0v) is 18.8. The fourth-order valence-electron chi connectivity index (χ4n) is 3.77. The Bertz CT molecular complexity index is 1390. The molecule has 0 amide bonds. The van der Waals surface area contributed by atoms with Crippen LogP contribution in [0.5, 0.6) is 0 Å². The molecule has 0 saturated carbocycles. The van der Waals surface area contributed by atoms with Crippen LogP contribution in [0.25, 0.3) is 10.1 Å². The molecule has 0 bridgehead atoms. The molecule has 3 aromatic rings. The van der Waals surface area contributed by atoms with Gasteiger partial charge >= 0.3 is 6.18 Å². The number of hydrogen-bond acceptors (Lipinski definition) is 7. The predicted molar refractivity (Wildman–Crippen MR) is 116 cm³/mol. The van der Waals surface area contributed by atoms with Crippen molar-refractivity contribution in [3.63, 3.8) is 0 Å². The smallest absolute Gasteiger partial charge is 0.345 e. The first-order valence-corrected chi connectivity index (χ1v) is 11.1. The van der Waals surface area contributed by atoms with Gasteiger partial charge in [0, 0.05) is 37.8 Å². The average Bonchev–Trinajstić information content (AvgIpc) is 2.79. The summed E-state index contributed by atoms with van der Waals surface area (Å²) >= 11 is 0.658. The molecule has 0 spiro atoms. The Morgan fingerprint density at radius 3 is 2.22 bits per heavy atom. The quantitative estimate of drug-likeness (QED) is 0.266. The Morgan fingerprint density at radius 1 is 0.972 bits per heavy atom. The van der Waals surface area contributed by atoms with Crippen LogP contribution in [-0.2, 0) is 12.1 Å². The average molecular weight is 536 g/mol. The molecule has 0 radical (unpaired) electrons. The van der Waals surface area contributed by atoms with E-state index in [1.54, 1.807) is 0 Å². The Hall–Kier alpha value is -3.33. The maximum Gasteiger partial charge on any atom is 0.416 e. The van der Waals surface area contributed by atoms with Crippen molar-refractivity contribution < 1.29 is 35.7 Å². The van der Waals surface area contributed by atoms with Gasteiger partial charge in [-0.1, -0.05) is 11.3 Å². The first-order chi connectivity index (χ1) is 16.8. The number of benzene rings is 2. The molecule has 192 valence electrons. The number of piperazine rings is 1. The Balaban J connectivity index is 1.55. The number of aromatic nitrogens is 1. The van der Waals surface area contributed by atoms with E-state index in [0.717, 1.165) is 6.07 Å². The molecule has 1 aliphatic heterocycles. The minimum Gasteiger partial charge on any atom is -0.345 e. The molecule has 0 aliphatic carbocycles. The van der Waals surface area contributed by atoms with Crippen molar-refractivity contribution in [2.45, 2.75) is 12.1 Å². The second kappa shape index (κ2) is 9.28. The molecule has 1 aromatic heterocycles. The van der Waals surface area contributed by atoms with E-state index in [-0.39, 0.29) is 36.0 Å². The van der Waals surface area contributed by atoms with Crippen LogP contribution >= 0.6 is 11.3 Å². The highest BCUT2D eigenvalue weighted by atomic mass is 32.1. The summed E-state index contributed by atoms with van der Waals surface area (Å²) in [5, 5.41) is 10.9. The van der Waals surface area contributed by atoms with Crippen LogP contribution in [0, 0.1) is 21.7 Å². The third-order valence-electron chi connectivity index (χ3n) is 5.62. The molecular weight excluding hydrogens is 521 g/mol. The number of nitrogens with zero attached hydrogens (tertiary/aromatic N) is 4. The molecule has 1 fully saturated rings. The van der Waals surface area contributed by atoms with Gasteiger partial charge in [-0.05, 0) is 24.3 Å². The van der Waals surface area contributed by atoms with Gasteiger partial charge in [-0.25, -0.2) is 8.78 Å². The van der Waals surface area contributed by atoms with Gasteiger partial charge in [-0.15, -0.1) is 0 Å². The van der Waals surface area contributed by atoms with E-state index in [4.69, 9.17) is 0 Å². The van der Waals surface area contributed by atoms with Crippen LogP contribution in [0.2, 0.25) is 0 Å². The molecule has 1 saturated heterocycles. The number of halogens is 7.